The summed E-state index contributed by atoms with van der Waals surface area (Å²) >= 11 is 6.29. The molecule has 5 nitrogen and oxygen atoms in total. The van der Waals surface area contributed by atoms with Crippen LogP contribution in [0.5, 0.6) is 0 Å². The first-order valence-corrected chi connectivity index (χ1v) is 7.62. The van der Waals surface area contributed by atoms with Gasteiger partial charge in [0.2, 0.25) is 0 Å². The number of nitrogens with zero attached hydrogens (tertiary/aromatic N) is 1. The summed E-state index contributed by atoms with van der Waals surface area (Å²) in [5.41, 5.74) is 1.00. The van der Waals surface area contributed by atoms with Crippen molar-refractivity contribution < 1.29 is 9.90 Å². The average molecular weight is 314 g/mol. The van der Waals surface area contributed by atoms with Gasteiger partial charge in [0.25, 0.3) is 0 Å². The summed E-state index contributed by atoms with van der Waals surface area (Å²) in [6.45, 7) is 6.53. The van der Waals surface area contributed by atoms with Crippen molar-refractivity contribution in [1.29, 1.82) is 0 Å². The maximum absolute atomic E-state index is 11.6. The number of nitrogens with one attached hydrogen (secondary N) is 2. The zero-order valence-corrected chi connectivity index (χ0v) is 13.4. The van der Waals surface area contributed by atoms with Crippen LogP contribution in [0, 0.1) is 0 Å². The molecule has 0 aliphatic heterocycles. The number of halogens is 1. The van der Waals surface area contributed by atoms with E-state index < -0.39 is 0 Å². The van der Waals surface area contributed by atoms with Crippen molar-refractivity contribution in [2.24, 2.45) is 0 Å². The molecule has 0 saturated heterocycles. The van der Waals surface area contributed by atoms with Crippen LogP contribution in [-0.2, 0) is 0 Å². The second kappa shape index (κ2) is 9.60. The van der Waals surface area contributed by atoms with Gasteiger partial charge in [0, 0.05) is 18.1 Å². The maximum atomic E-state index is 11.6. The number of likely N-dealkylation sites (N-methyl/N-ethyl adjacent to an activating group) is 1. The average Bonchev–Trinajstić information content (AvgIpc) is 2.50. The minimum atomic E-state index is -0.284. The molecule has 0 radical (unpaired) electrons. The quantitative estimate of drug-likeness (QED) is 0.688. The lowest BCUT2D eigenvalue weighted by Gasteiger charge is -2.30. The third kappa shape index (κ3) is 5.53. The Morgan fingerprint density at radius 1 is 1.29 bits per heavy atom. The first kappa shape index (κ1) is 17.8. The number of urea groups is 1. The molecule has 21 heavy (non-hydrogen) atoms. The number of rotatable bonds is 8. The molecule has 0 spiro atoms. The number of aliphatic hydroxyl groups excluding tert-OH is 1. The predicted molar refractivity (Wildman–Crippen MR) is 85.6 cm³/mol. The summed E-state index contributed by atoms with van der Waals surface area (Å²) in [7, 11) is 0. The van der Waals surface area contributed by atoms with E-state index in [0.717, 1.165) is 18.7 Å². The van der Waals surface area contributed by atoms with E-state index >= 15 is 0 Å². The molecule has 0 fully saturated rings. The second-order valence-electron chi connectivity index (χ2n) is 4.62. The second-order valence-corrected chi connectivity index (χ2v) is 5.03. The first-order chi connectivity index (χ1) is 10.1. The van der Waals surface area contributed by atoms with Crippen LogP contribution in [0.2, 0.25) is 5.02 Å². The summed E-state index contributed by atoms with van der Waals surface area (Å²) in [6, 6.07) is 7.43. The summed E-state index contributed by atoms with van der Waals surface area (Å²) in [4.78, 5) is 13.9. The van der Waals surface area contributed by atoms with Crippen molar-refractivity contribution in [2.45, 2.75) is 19.9 Å². The van der Waals surface area contributed by atoms with Crippen LogP contribution in [0.3, 0.4) is 0 Å². The summed E-state index contributed by atoms with van der Waals surface area (Å²) < 4.78 is 0. The maximum Gasteiger partial charge on any atom is 0.314 e. The van der Waals surface area contributed by atoms with Crippen LogP contribution in [0.4, 0.5) is 4.79 Å². The Hall–Kier alpha value is -1.30. The molecule has 3 N–H and O–H groups in total. The van der Waals surface area contributed by atoms with Gasteiger partial charge in [-0.05, 0) is 24.7 Å². The third-order valence-electron chi connectivity index (χ3n) is 3.37. The lowest BCUT2D eigenvalue weighted by molar-refractivity contribution is 0.204. The molecule has 6 heteroatoms. The fraction of sp³-hybridized carbons (Fsp3) is 0.533. The van der Waals surface area contributed by atoms with E-state index in [9.17, 15) is 4.79 Å². The molecule has 1 unspecified atom stereocenters. The molecule has 1 rings (SSSR count). The number of carbonyl (C=O) groups excluding carboxylic acids is 1. The van der Waals surface area contributed by atoms with Crippen LogP contribution in [0.15, 0.2) is 24.3 Å². The van der Waals surface area contributed by atoms with Gasteiger partial charge in [-0.2, -0.15) is 0 Å². The van der Waals surface area contributed by atoms with Crippen LogP contribution >= 0.6 is 11.6 Å². The van der Waals surface area contributed by atoms with E-state index in [1.807, 2.05) is 24.3 Å². The van der Waals surface area contributed by atoms with Crippen LogP contribution in [0.25, 0.3) is 0 Å². The van der Waals surface area contributed by atoms with Gasteiger partial charge in [-0.25, -0.2) is 4.79 Å². The molecule has 0 aliphatic rings. The largest absolute Gasteiger partial charge is 0.395 e. The monoisotopic (exact) mass is 313 g/mol. The van der Waals surface area contributed by atoms with Crippen LogP contribution in [-0.4, -0.2) is 48.8 Å². The fourth-order valence-electron chi connectivity index (χ4n) is 2.27. The van der Waals surface area contributed by atoms with Crippen LogP contribution in [0.1, 0.15) is 25.5 Å². The van der Waals surface area contributed by atoms with Crippen LogP contribution < -0.4 is 10.6 Å². The van der Waals surface area contributed by atoms with Gasteiger partial charge in [0.05, 0.1) is 12.6 Å². The number of aliphatic hydroxyl groups is 1. The minimum Gasteiger partial charge on any atom is -0.395 e. The molecular weight excluding hydrogens is 290 g/mol. The zero-order valence-electron chi connectivity index (χ0n) is 12.6. The predicted octanol–water partition coefficient (Wildman–Crippen LogP) is 2.01. The molecule has 1 aromatic rings. The summed E-state index contributed by atoms with van der Waals surface area (Å²) in [6.07, 6.45) is 0. The summed E-state index contributed by atoms with van der Waals surface area (Å²) in [5, 5.41) is 14.8. The number of hydrogen-bond acceptors (Lipinski definition) is 3. The highest BCUT2D eigenvalue weighted by Gasteiger charge is 2.20. The first-order valence-electron chi connectivity index (χ1n) is 7.25. The van der Waals surface area contributed by atoms with Crippen molar-refractivity contribution in [3.8, 4) is 0 Å². The molecule has 0 aliphatic carbocycles. The molecule has 0 heterocycles. The van der Waals surface area contributed by atoms with Gasteiger partial charge < -0.3 is 15.7 Å². The SMILES string of the molecule is CCN(CC)C(CNC(=O)NCCO)c1ccccc1Cl. The van der Waals surface area contributed by atoms with Gasteiger partial charge in [0.15, 0.2) is 0 Å². The van der Waals surface area contributed by atoms with Crippen molar-refractivity contribution >= 4 is 17.6 Å². The number of carbonyl (C=O) groups is 1. The standard InChI is InChI=1S/C15H24ClN3O2/c1-3-19(4-2)14(11-18-15(21)17-9-10-20)12-7-5-6-8-13(12)16/h5-8,14,20H,3-4,9-11H2,1-2H3,(H2,17,18,21). The molecule has 118 valence electrons. The van der Waals surface area contributed by atoms with Gasteiger partial charge in [0.1, 0.15) is 0 Å². The number of amides is 2. The smallest absolute Gasteiger partial charge is 0.314 e. The van der Waals surface area contributed by atoms with Crippen molar-refractivity contribution in [3.05, 3.63) is 34.9 Å². The van der Waals surface area contributed by atoms with Gasteiger partial charge >= 0.3 is 6.03 Å². The highest BCUT2D eigenvalue weighted by molar-refractivity contribution is 6.31. The Labute approximate surface area is 131 Å². The van der Waals surface area contributed by atoms with E-state index in [2.05, 4.69) is 29.4 Å². The fourth-order valence-corrected chi connectivity index (χ4v) is 2.53. The van der Waals surface area contributed by atoms with Crippen molar-refractivity contribution in [2.75, 3.05) is 32.8 Å². The Bertz CT molecular complexity index is 439. The highest BCUT2D eigenvalue weighted by atomic mass is 35.5. The lowest BCUT2D eigenvalue weighted by atomic mass is 10.0. The van der Waals surface area contributed by atoms with Crippen molar-refractivity contribution in [1.82, 2.24) is 15.5 Å². The van der Waals surface area contributed by atoms with Gasteiger partial charge in [-0.1, -0.05) is 43.6 Å². The van der Waals surface area contributed by atoms with Crippen molar-refractivity contribution in [3.63, 3.8) is 0 Å². The molecule has 0 saturated carbocycles. The van der Waals surface area contributed by atoms with E-state index in [-0.39, 0.29) is 25.2 Å². The normalized spacial score (nSPS) is 12.2. The summed E-state index contributed by atoms with van der Waals surface area (Å²) in [5.74, 6) is 0. The molecule has 1 aromatic carbocycles. The molecule has 2 amide bonds. The molecule has 0 bridgehead atoms. The zero-order chi connectivity index (χ0) is 15.7. The number of benzene rings is 1. The van der Waals surface area contributed by atoms with E-state index in [1.165, 1.54) is 0 Å². The highest BCUT2D eigenvalue weighted by Crippen LogP contribution is 2.26. The Morgan fingerprint density at radius 2 is 1.95 bits per heavy atom. The minimum absolute atomic E-state index is 0.0218. The van der Waals surface area contributed by atoms with E-state index in [0.29, 0.717) is 11.6 Å². The lowest BCUT2D eigenvalue weighted by Crippen LogP contribution is -2.43. The Balaban J connectivity index is 2.79. The van der Waals surface area contributed by atoms with Gasteiger partial charge in [-0.3, -0.25) is 4.90 Å². The molecular formula is C15H24ClN3O2. The molecule has 0 aromatic heterocycles. The number of hydrogen-bond donors (Lipinski definition) is 3. The Morgan fingerprint density at radius 3 is 2.52 bits per heavy atom. The molecule has 1 atom stereocenters. The Kier molecular flexibility index (Phi) is 8.12. The third-order valence-corrected chi connectivity index (χ3v) is 3.71. The topological polar surface area (TPSA) is 64.6 Å². The van der Waals surface area contributed by atoms with E-state index in [1.54, 1.807) is 0 Å². The van der Waals surface area contributed by atoms with Gasteiger partial charge in [-0.15, -0.1) is 0 Å². The van der Waals surface area contributed by atoms with E-state index in [4.69, 9.17) is 16.7 Å².